The van der Waals surface area contributed by atoms with Crippen molar-refractivity contribution in [3.05, 3.63) is 42.1 Å². The molecule has 2 rings (SSSR count). The van der Waals surface area contributed by atoms with Gasteiger partial charge in [-0.15, -0.1) is 0 Å². The van der Waals surface area contributed by atoms with E-state index in [2.05, 4.69) is 36.2 Å². The minimum Gasteiger partial charge on any atom is -0.256 e. The number of nitrogens with zero attached hydrogens (tertiary/aromatic N) is 1. The minimum atomic E-state index is 1.08. The zero-order valence-electron chi connectivity index (χ0n) is 12.4. The molecule has 0 N–H and O–H groups in total. The van der Waals surface area contributed by atoms with E-state index in [1.165, 1.54) is 10.9 Å². The molecule has 0 radical (unpaired) electrons. The predicted molar refractivity (Wildman–Crippen MR) is 80.5 cm³/mol. The summed E-state index contributed by atoms with van der Waals surface area (Å²) in [5.74, 6) is 0. The van der Waals surface area contributed by atoms with Gasteiger partial charge in [0.1, 0.15) is 0 Å². The summed E-state index contributed by atoms with van der Waals surface area (Å²) < 4.78 is 0. The van der Waals surface area contributed by atoms with E-state index in [1.54, 1.807) is 0 Å². The molecule has 96 valence electrons. The third-order valence-corrected chi connectivity index (χ3v) is 1.76. The monoisotopic (exact) mass is 233 g/mol. The van der Waals surface area contributed by atoms with Gasteiger partial charge in [0.05, 0.1) is 5.52 Å². The summed E-state index contributed by atoms with van der Waals surface area (Å²) in [6, 6.07) is 10.3. The third-order valence-electron chi connectivity index (χ3n) is 1.76. The Morgan fingerprint density at radius 2 is 1.41 bits per heavy atom. The van der Waals surface area contributed by atoms with Gasteiger partial charge in [0, 0.05) is 11.6 Å². The van der Waals surface area contributed by atoms with Crippen LogP contribution in [0.25, 0.3) is 10.9 Å². The Hall–Kier alpha value is -1.37. The van der Waals surface area contributed by atoms with E-state index in [-0.39, 0.29) is 0 Å². The molecule has 0 atom stereocenters. The molecule has 0 saturated carbocycles. The molecule has 0 fully saturated rings. The second-order valence-electron chi connectivity index (χ2n) is 2.70. The molecular weight excluding hydrogens is 206 g/mol. The van der Waals surface area contributed by atoms with Gasteiger partial charge in [0.25, 0.3) is 0 Å². The predicted octanol–water partition coefficient (Wildman–Crippen LogP) is 5.62. The number of hydrogen-bond donors (Lipinski definition) is 0. The first-order valence-corrected chi connectivity index (χ1v) is 6.68. The van der Waals surface area contributed by atoms with E-state index in [9.17, 15) is 0 Å². The van der Waals surface area contributed by atoms with Gasteiger partial charge in [-0.05, 0) is 24.6 Å². The Balaban J connectivity index is 0. The summed E-state index contributed by atoms with van der Waals surface area (Å²) in [4.78, 5) is 4.24. The van der Waals surface area contributed by atoms with Gasteiger partial charge in [0.15, 0.2) is 0 Å². The molecular formula is C16H27N. The summed E-state index contributed by atoms with van der Waals surface area (Å²) in [5, 5.41) is 1.21. The summed E-state index contributed by atoms with van der Waals surface area (Å²) >= 11 is 0. The van der Waals surface area contributed by atoms with Crippen LogP contribution in [-0.2, 0) is 0 Å². The Morgan fingerprint density at radius 3 is 2.00 bits per heavy atom. The van der Waals surface area contributed by atoms with Crippen LogP contribution in [0.1, 0.15) is 47.1 Å². The molecule has 0 aliphatic carbocycles. The Bertz CT molecular complexity index is 380. The lowest BCUT2D eigenvalue weighted by molar-refractivity contribution is 1.39. The lowest BCUT2D eigenvalue weighted by Crippen LogP contribution is -1.77. The number of pyridine rings is 1. The highest BCUT2D eigenvalue weighted by Crippen LogP contribution is 2.11. The van der Waals surface area contributed by atoms with Crippen LogP contribution >= 0.6 is 0 Å². The van der Waals surface area contributed by atoms with Crippen molar-refractivity contribution in [3.63, 3.8) is 0 Å². The second kappa shape index (κ2) is 12.7. The lowest BCUT2D eigenvalue weighted by Gasteiger charge is -1.95. The highest BCUT2D eigenvalue weighted by atomic mass is 14.6. The van der Waals surface area contributed by atoms with E-state index in [1.807, 2.05) is 53.8 Å². The molecule has 0 saturated heterocycles. The molecule has 17 heavy (non-hydrogen) atoms. The molecule has 2 aromatic rings. The van der Waals surface area contributed by atoms with E-state index in [0.29, 0.717) is 0 Å². The van der Waals surface area contributed by atoms with Crippen molar-refractivity contribution >= 4 is 10.9 Å². The van der Waals surface area contributed by atoms with Crippen molar-refractivity contribution in [2.75, 3.05) is 0 Å². The van der Waals surface area contributed by atoms with Crippen LogP contribution < -0.4 is 0 Å². The first-order valence-electron chi connectivity index (χ1n) is 6.68. The number of benzene rings is 1. The Labute approximate surface area is 107 Å². The van der Waals surface area contributed by atoms with Gasteiger partial charge >= 0.3 is 0 Å². The van der Waals surface area contributed by atoms with Crippen LogP contribution in [0.3, 0.4) is 0 Å². The molecule has 1 heterocycles. The molecule has 0 amide bonds. The summed E-state index contributed by atoms with van der Waals surface area (Å²) in [6.07, 6.45) is 1.82. The van der Waals surface area contributed by atoms with Crippen LogP contribution in [0.4, 0.5) is 0 Å². The maximum atomic E-state index is 4.24. The van der Waals surface area contributed by atoms with Crippen molar-refractivity contribution < 1.29 is 0 Å². The highest BCUT2D eigenvalue weighted by Gasteiger charge is 1.90. The van der Waals surface area contributed by atoms with E-state index in [0.717, 1.165) is 5.52 Å². The minimum absolute atomic E-state index is 1.08. The average Bonchev–Trinajstić information content (AvgIpc) is 2.45. The molecule has 0 aliphatic heterocycles. The molecule has 1 nitrogen and oxygen atoms in total. The summed E-state index contributed by atoms with van der Waals surface area (Å²) in [5.41, 5.74) is 2.34. The van der Waals surface area contributed by atoms with Gasteiger partial charge in [0.2, 0.25) is 0 Å². The van der Waals surface area contributed by atoms with Gasteiger partial charge in [-0.3, -0.25) is 4.98 Å². The molecule has 0 unspecified atom stereocenters. The normalized spacial score (nSPS) is 7.71. The topological polar surface area (TPSA) is 12.9 Å². The van der Waals surface area contributed by atoms with Crippen molar-refractivity contribution in [1.29, 1.82) is 0 Å². The van der Waals surface area contributed by atoms with Gasteiger partial charge in [-0.2, -0.15) is 0 Å². The number of rotatable bonds is 0. The summed E-state index contributed by atoms with van der Waals surface area (Å²) in [7, 11) is 0. The molecule has 1 aromatic carbocycles. The zero-order valence-corrected chi connectivity index (χ0v) is 12.4. The molecule has 1 aromatic heterocycles. The maximum absolute atomic E-state index is 4.24. The van der Waals surface area contributed by atoms with Gasteiger partial charge < -0.3 is 0 Å². The molecule has 0 bridgehead atoms. The second-order valence-corrected chi connectivity index (χ2v) is 2.70. The molecule has 1 heteroatoms. The third kappa shape index (κ3) is 6.72. The van der Waals surface area contributed by atoms with Crippen molar-refractivity contribution in [2.45, 2.75) is 48.5 Å². The number of fused-ring (bicyclic) bond motifs is 1. The number of hydrogen-bond acceptors (Lipinski definition) is 1. The first-order chi connectivity index (χ1) is 8.36. The average molecular weight is 233 g/mol. The van der Waals surface area contributed by atoms with E-state index < -0.39 is 0 Å². The maximum Gasteiger partial charge on any atom is 0.0704 e. The molecule has 0 aliphatic rings. The van der Waals surface area contributed by atoms with Gasteiger partial charge in [-0.25, -0.2) is 0 Å². The smallest absolute Gasteiger partial charge is 0.0704 e. The first kappa shape index (κ1) is 18.0. The molecule has 0 spiro atoms. The van der Waals surface area contributed by atoms with Crippen molar-refractivity contribution in [3.8, 4) is 0 Å². The quantitative estimate of drug-likeness (QED) is 0.575. The zero-order chi connectivity index (χ0) is 13.7. The Morgan fingerprint density at radius 1 is 0.824 bits per heavy atom. The highest BCUT2D eigenvalue weighted by molar-refractivity contribution is 5.78. The standard InChI is InChI=1S/C10H9N.3C2H6/c1-8-4-5-9-3-2-6-11-10(9)7-8;3*1-2/h2-7H,1H3;3*1-2H3. The van der Waals surface area contributed by atoms with Crippen molar-refractivity contribution in [2.24, 2.45) is 0 Å². The fraction of sp³-hybridized carbons (Fsp3) is 0.438. The van der Waals surface area contributed by atoms with Crippen molar-refractivity contribution in [1.82, 2.24) is 4.98 Å². The fourth-order valence-corrected chi connectivity index (χ4v) is 1.18. The number of aromatic nitrogens is 1. The van der Waals surface area contributed by atoms with E-state index >= 15 is 0 Å². The van der Waals surface area contributed by atoms with Gasteiger partial charge in [-0.1, -0.05) is 59.7 Å². The van der Waals surface area contributed by atoms with Crippen LogP contribution in [0, 0.1) is 6.92 Å². The van der Waals surface area contributed by atoms with Crippen LogP contribution in [-0.4, -0.2) is 4.98 Å². The summed E-state index contributed by atoms with van der Waals surface area (Å²) in [6.45, 7) is 14.1. The van der Waals surface area contributed by atoms with Crippen LogP contribution in [0.2, 0.25) is 0 Å². The largest absolute Gasteiger partial charge is 0.256 e. The Kier molecular flexibility index (Phi) is 13.5. The van der Waals surface area contributed by atoms with Crippen LogP contribution in [0.15, 0.2) is 36.5 Å². The SMILES string of the molecule is CC.CC.CC.Cc1ccc2cccnc2c1. The lowest BCUT2D eigenvalue weighted by atomic mass is 10.1. The number of aryl methyl sites for hydroxylation is 1. The van der Waals surface area contributed by atoms with Crippen LogP contribution in [0.5, 0.6) is 0 Å². The van der Waals surface area contributed by atoms with E-state index in [4.69, 9.17) is 0 Å². The fourth-order valence-electron chi connectivity index (χ4n) is 1.18.